The predicted octanol–water partition coefficient (Wildman–Crippen LogP) is 5.28. The molecule has 0 saturated carbocycles. The number of carbonyl (C=O) groups excluding carboxylic acids is 2. The minimum atomic E-state index is -0.456. The van der Waals surface area contributed by atoms with Gasteiger partial charge in [0.25, 0.3) is 0 Å². The summed E-state index contributed by atoms with van der Waals surface area (Å²) in [6.45, 7) is 7.64. The first-order valence-electron chi connectivity index (χ1n) is 9.52. The number of nitrogens with zero attached hydrogens (tertiary/aromatic N) is 1. The number of ketones is 1. The van der Waals surface area contributed by atoms with Crippen LogP contribution in [0.25, 0.3) is 11.1 Å². The molecule has 0 unspecified atom stereocenters. The van der Waals surface area contributed by atoms with Gasteiger partial charge in [0.1, 0.15) is 5.71 Å². The van der Waals surface area contributed by atoms with E-state index in [-0.39, 0.29) is 23.3 Å². The summed E-state index contributed by atoms with van der Waals surface area (Å²) >= 11 is 0. The zero-order valence-corrected chi connectivity index (χ0v) is 16.3. The van der Waals surface area contributed by atoms with Crippen molar-refractivity contribution in [3.63, 3.8) is 0 Å². The summed E-state index contributed by atoms with van der Waals surface area (Å²) in [5, 5.41) is 3.70. The van der Waals surface area contributed by atoms with E-state index in [1.807, 2.05) is 18.2 Å². The Morgan fingerprint density at radius 2 is 1.63 bits per heavy atom. The molecule has 0 amide bonds. The van der Waals surface area contributed by atoms with Crippen LogP contribution >= 0.6 is 0 Å². The zero-order chi connectivity index (χ0) is 19.6. The number of hydrogen-bond acceptors (Lipinski definition) is 4. The maximum atomic E-state index is 12.8. The van der Waals surface area contributed by atoms with Gasteiger partial charge in [-0.25, -0.2) is 4.79 Å². The summed E-state index contributed by atoms with van der Waals surface area (Å²) < 4.78 is 0. The monoisotopic (exact) mass is 363 g/mol. The third-order valence-electron chi connectivity index (χ3n) is 5.64. The summed E-state index contributed by atoms with van der Waals surface area (Å²) in [6, 6.07) is 14.3. The molecule has 2 aromatic carbocycles. The molecule has 2 aromatic rings. The molecule has 4 heteroatoms. The lowest BCUT2D eigenvalue weighted by atomic mass is 9.73. The molecule has 0 fully saturated rings. The third-order valence-corrected chi connectivity index (χ3v) is 5.64. The average Bonchev–Trinajstić information content (AvgIpc) is 3.00. The van der Waals surface area contributed by atoms with E-state index >= 15 is 0 Å². The maximum Gasteiger partial charge on any atom is 0.334 e. The number of benzene rings is 2. The molecule has 0 aromatic heterocycles. The van der Waals surface area contributed by atoms with E-state index in [1.165, 1.54) is 22.3 Å². The average molecular weight is 363 g/mol. The van der Waals surface area contributed by atoms with Crippen molar-refractivity contribution >= 4 is 17.5 Å². The molecule has 0 N–H and O–H groups in total. The number of fused-ring (bicyclic) bond motifs is 3. The highest BCUT2D eigenvalue weighted by atomic mass is 16.7. The number of hydrogen-bond donors (Lipinski definition) is 0. The number of rotatable bonds is 6. The fourth-order valence-corrected chi connectivity index (χ4v) is 4.04. The first-order valence-corrected chi connectivity index (χ1v) is 9.52. The zero-order valence-electron chi connectivity index (χ0n) is 16.3. The number of oxime groups is 1. The Labute approximate surface area is 160 Å². The Morgan fingerprint density at radius 1 is 0.963 bits per heavy atom. The second-order valence-electron chi connectivity index (χ2n) is 6.92. The smallest absolute Gasteiger partial charge is 0.318 e. The van der Waals surface area contributed by atoms with Gasteiger partial charge in [0.15, 0.2) is 0 Å². The highest BCUT2D eigenvalue weighted by Gasteiger charge is 2.40. The molecular weight excluding hydrogens is 338 g/mol. The number of Topliss-reactive ketones (excluding diaryl/α,β-unsaturated/α-hetero) is 1. The van der Waals surface area contributed by atoms with Crippen molar-refractivity contribution in [1.82, 2.24) is 0 Å². The molecule has 0 spiro atoms. The van der Waals surface area contributed by atoms with Gasteiger partial charge >= 0.3 is 5.97 Å². The molecule has 0 aliphatic heterocycles. The Hall–Kier alpha value is -2.75. The maximum absolute atomic E-state index is 12.8. The predicted molar refractivity (Wildman–Crippen MR) is 107 cm³/mol. The van der Waals surface area contributed by atoms with E-state index in [0.29, 0.717) is 5.56 Å². The van der Waals surface area contributed by atoms with E-state index in [2.05, 4.69) is 43.3 Å². The SMILES string of the molecule is CCC(=O)O/N=C(/C)C(=O)c1ccc2c(c1)C(CC)(CC)c1ccccc1-2. The van der Waals surface area contributed by atoms with Crippen molar-refractivity contribution in [3.05, 3.63) is 59.2 Å². The van der Waals surface area contributed by atoms with Crippen molar-refractivity contribution in [1.29, 1.82) is 0 Å². The lowest BCUT2D eigenvalue weighted by molar-refractivity contribution is -0.143. The largest absolute Gasteiger partial charge is 0.334 e. The summed E-state index contributed by atoms with van der Waals surface area (Å²) in [5.74, 6) is -0.679. The van der Waals surface area contributed by atoms with Gasteiger partial charge in [-0.05, 0) is 48.1 Å². The number of carbonyl (C=O) groups is 2. The van der Waals surface area contributed by atoms with Gasteiger partial charge in [-0.2, -0.15) is 0 Å². The molecule has 140 valence electrons. The van der Waals surface area contributed by atoms with Crippen LogP contribution in [-0.4, -0.2) is 17.5 Å². The highest BCUT2D eigenvalue weighted by molar-refractivity contribution is 6.45. The van der Waals surface area contributed by atoms with Crippen LogP contribution in [0.15, 0.2) is 47.6 Å². The molecular formula is C23H25NO3. The molecule has 0 radical (unpaired) electrons. The lowest BCUT2D eigenvalue weighted by Gasteiger charge is -2.29. The van der Waals surface area contributed by atoms with Crippen LogP contribution in [0, 0.1) is 0 Å². The van der Waals surface area contributed by atoms with E-state index in [4.69, 9.17) is 4.84 Å². The van der Waals surface area contributed by atoms with Crippen molar-refractivity contribution in [2.75, 3.05) is 0 Å². The van der Waals surface area contributed by atoms with Gasteiger partial charge in [0.05, 0.1) is 0 Å². The molecule has 4 nitrogen and oxygen atoms in total. The van der Waals surface area contributed by atoms with E-state index < -0.39 is 5.97 Å². The minimum Gasteiger partial charge on any atom is -0.318 e. The van der Waals surface area contributed by atoms with Crippen LogP contribution in [-0.2, 0) is 15.0 Å². The van der Waals surface area contributed by atoms with Crippen LogP contribution in [0.1, 0.15) is 68.4 Å². The minimum absolute atomic E-state index is 0.0814. The van der Waals surface area contributed by atoms with E-state index in [0.717, 1.165) is 12.8 Å². The van der Waals surface area contributed by atoms with Crippen molar-refractivity contribution < 1.29 is 14.4 Å². The third kappa shape index (κ3) is 3.09. The first kappa shape index (κ1) is 19.0. The van der Waals surface area contributed by atoms with Gasteiger partial charge in [-0.1, -0.05) is 62.3 Å². The van der Waals surface area contributed by atoms with Crippen molar-refractivity contribution in [2.45, 2.75) is 52.4 Å². The summed E-state index contributed by atoms with van der Waals surface area (Å²) in [5.41, 5.74) is 5.62. The molecule has 0 heterocycles. The Kier molecular flexibility index (Phi) is 5.26. The van der Waals surface area contributed by atoms with Crippen LogP contribution in [0.2, 0.25) is 0 Å². The standard InChI is InChI=1S/C23H25NO3/c1-5-21(25)27-24-15(4)22(26)16-12-13-18-17-10-8-9-11-19(17)23(6-2,7-3)20(18)14-16/h8-14H,5-7H2,1-4H3/b24-15-. The van der Waals surface area contributed by atoms with Crippen LogP contribution in [0.4, 0.5) is 0 Å². The molecule has 1 aliphatic rings. The topological polar surface area (TPSA) is 55.7 Å². The molecule has 1 aliphatic carbocycles. The quantitative estimate of drug-likeness (QED) is 0.303. The van der Waals surface area contributed by atoms with E-state index in [9.17, 15) is 9.59 Å². The fourth-order valence-electron chi connectivity index (χ4n) is 4.04. The van der Waals surface area contributed by atoms with Gasteiger partial charge in [-0.15, -0.1) is 0 Å². The first-order chi connectivity index (χ1) is 13.0. The van der Waals surface area contributed by atoms with Crippen molar-refractivity contribution in [2.24, 2.45) is 5.16 Å². The Morgan fingerprint density at radius 3 is 2.30 bits per heavy atom. The van der Waals surface area contributed by atoms with Crippen LogP contribution < -0.4 is 0 Å². The molecule has 0 bridgehead atoms. The molecule has 0 saturated heterocycles. The fraction of sp³-hybridized carbons (Fsp3) is 0.348. The summed E-state index contributed by atoms with van der Waals surface area (Å²) in [7, 11) is 0. The van der Waals surface area contributed by atoms with Crippen molar-refractivity contribution in [3.8, 4) is 11.1 Å². The Bertz CT molecular complexity index is 923. The molecule has 0 atom stereocenters. The Balaban J connectivity index is 2.04. The highest BCUT2D eigenvalue weighted by Crippen LogP contribution is 2.52. The second-order valence-corrected chi connectivity index (χ2v) is 6.92. The van der Waals surface area contributed by atoms with Gasteiger partial charge < -0.3 is 4.84 Å². The van der Waals surface area contributed by atoms with Gasteiger partial charge in [-0.3, -0.25) is 4.79 Å². The summed E-state index contributed by atoms with van der Waals surface area (Å²) in [6.07, 6.45) is 2.15. The van der Waals surface area contributed by atoms with Gasteiger partial charge in [0, 0.05) is 17.4 Å². The molecule has 3 rings (SSSR count). The summed E-state index contributed by atoms with van der Waals surface area (Å²) in [4.78, 5) is 28.8. The van der Waals surface area contributed by atoms with Gasteiger partial charge in [0.2, 0.25) is 5.78 Å². The van der Waals surface area contributed by atoms with E-state index in [1.54, 1.807) is 13.8 Å². The van der Waals surface area contributed by atoms with Crippen LogP contribution in [0.5, 0.6) is 0 Å². The van der Waals surface area contributed by atoms with Crippen LogP contribution in [0.3, 0.4) is 0 Å². The lowest BCUT2D eigenvalue weighted by Crippen LogP contribution is -2.23. The second kappa shape index (κ2) is 7.47. The molecule has 27 heavy (non-hydrogen) atoms. The normalized spacial score (nSPS) is 14.4.